The highest BCUT2D eigenvalue weighted by Crippen LogP contribution is 2.20. The van der Waals surface area contributed by atoms with Gasteiger partial charge in [-0.05, 0) is 57.4 Å². The summed E-state index contributed by atoms with van der Waals surface area (Å²) in [6.07, 6.45) is 1.11. The van der Waals surface area contributed by atoms with Crippen LogP contribution in [0.25, 0.3) is 0 Å². The Hall–Kier alpha value is -1.12. The molecule has 1 nitrogen and oxygen atoms in total. The van der Waals surface area contributed by atoms with Gasteiger partial charge in [0.1, 0.15) is 0 Å². The maximum Gasteiger partial charge on any atom is 0.0296 e. The molecule has 0 bridgehead atoms. The summed E-state index contributed by atoms with van der Waals surface area (Å²) in [4.78, 5) is 2.86. The van der Waals surface area contributed by atoms with Gasteiger partial charge in [-0.2, -0.15) is 0 Å². The second-order valence-corrected chi connectivity index (χ2v) is 6.73. The monoisotopic (exact) mass is 273 g/mol. The number of nitrogens with one attached hydrogen (secondary N) is 1. The number of hydrogen-bond acceptors (Lipinski definition) is 2. The van der Waals surface area contributed by atoms with E-state index in [2.05, 4.69) is 69.4 Å². The van der Waals surface area contributed by atoms with E-state index < -0.39 is 0 Å². The van der Waals surface area contributed by atoms with Crippen LogP contribution in [0.2, 0.25) is 0 Å². The molecule has 19 heavy (non-hydrogen) atoms. The smallest absolute Gasteiger partial charge is 0.0296 e. The Bertz CT molecular complexity index is 530. The Kier molecular flexibility index (Phi) is 4.78. The standard InChI is InChI=1S/C17H23NS/c1-12-7-5-6-8-17(12)15(4)18-13(2)11-16-10-9-14(3)19-16/h5-10,13,15,18H,11H2,1-4H3. The highest BCUT2D eigenvalue weighted by atomic mass is 32.1. The van der Waals surface area contributed by atoms with E-state index in [0.717, 1.165) is 6.42 Å². The molecule has 2 unspecified atom stereocenters. The van der Waals surface area contributed by atoms with Crippen molar-refractivity contribution in [1.29, 1.82) is 0 Å². The van der Waals surface area contributed by atoms with Crippen LogP contribution >= 0.6 is 11.3 Å². The molecular weight excluding hydrogens is 250 g/mol. The third-order valence-electron chi connectivity index (χ3n) is 3.49. The second-order valence-electron chi connectivity index (χ2n) is 5.36. The first-order valence-electron chi connectivity index (χ1n) is 6.93. The summed E-state index contributed by atoms with van der Waals surface area (Å²) in [5.74, 6) is 0. The molecule has 0 spiro atoms. The minimum Gasteiger partial charge on any atom is -0.307 e. The first kappa shape index (κ1) is 14.3. The van der Waals surface area contributed by atoms with Crippen LogP contribution in [0.1, 0.15) is 40.8 Å². The van der Waals surface area contributed by atoms with Crippen LogP contribution in [-0.2, 0) is 6.42 Å². The summed E-state index contributed by atoms with van der Waals surface area (Å²) in [6.45, 7) is 8.87. The van der Waals surface area contributed by atoms with Crippen molar-refractivity contribution in [1.82, 2.24) is 5.32 Å². The molecule has 1 heterocycles. The molecular formula is C17H23NS. The van der Waals surface area contributed by atoms with E-state index >= 15 is 0 Å². The molecule has 2 rings (SSSR count). The van der Waals surface area contributed by atoms with Crippen molar-refractivity contribution in [3.05, 3.63) is 57.3 Å². The van der Waals surface area contributed by atoms with Crippen LogP contribution in [0.15, 0.2) is 36.4 Å². The van der Waals surface area contributed by atoms with Crippen molar-refractivity contribution in [2.45, 2.75) is 46.2 Å². The lowest BCUT2D eigenvalue weighted by molar-refractivity contribution is 0.478. The SMILES string of the molecule is Cc1ccc(CC(C)NC(C)c2ccccc2C)s1. The fourth-order valence-electron chi connectivity index (χ4n) is 2.54. The van der Waals surface area contributed by atoms with E-state index in [4.69, 9.17) is 0 Å². The van der Waals surface area contributed by atoms with Crippen LogP contribution in [0, 0.1) is 13.8 Å². The summed E-state index contributed by atoms with van der Waals surface area (Å²) in [7, 11) is 0. The second kappa shape index (κ2) is 6.36. The van der Waals surface area contributed by atoms with Gasteiger partial charge in [-0.15, -0.1) is 11.3 Å². The normalized spacial score (nSPS) is 14.3. The molecule has 0 saturated heterocycles. The van der Waals surface area contributed by atoms with Crippen molar-refractivity contribution in [3.63, 3.8) is 0 Å². The summed E-state index contributed by atoms with van der Waals surface area (Å²) in [5.41, 5.74) is 2.76. The van der Waals surface area contributed by atoms with E-state index in [0.29, 0.717) is 12.1 Å². The fraction of sp³-hybridized carbons (Fsp3) is 0.412. The number of benzene rings is 1. The molecule has 0 aliphatic rings. The van der Waals surface area contributed by atoms with Gasteiger partial charge in [0.05, 0.1) is 0 Å². The quantitative estimate of drug-likeness (QED) is 0.836. The largest absolute Gasteiger partial charge is 0.307 e. The average Bonchev–Trinajstić information content (AvgIpc) is 2.74. The minimum atomic E-state index is 0.400. The first-order chi connectivity index (χ1) is 9.06. The topological polar surface area (TPSA) is 12.0 Å². The number of rotatable bonds is 5. The van der Waals surface area contributed by atoms with Crippen molar-refractivity contribution >= 4 is 11.3 Å². The zero-order valence-corrected chi connectivity index (χ0v) is 13.1. The van der Waals surface area contributed by atoms with Gasteiger partial charge in [-0.1, -0.05) is 24.3 Å². The molecule has 0 fully saturated rings. The van der Waals surface area contributed by atoms with Crippen molar-refractivity contribution < 1.29 is 0 Å². The molecule has 0 saturated carbocycles. The molecule has 0 aliphatic heterocycles. The third-order valence-corrected chi connectivity index (χ3v) is 4.52. The summed E-state index contributed by atoms with van der Waals surface area (Å²) < 4.78 is 0. The number of thiophene rings is 1. The summed E-state index contributed by atoms with van der Waals surface area (Å²) in [5, 5.41) is 3.70. The molecule has 0 aliphatic carbocycles. The van der Waals surface area contributed by atoms with E-state index in [1.165, 1.54) is 20.9 Å². The molecule has 1 N–H and O–H groups in total. The summed E-state index contributed by atoms with van der Waals surface area (Å²) in [6, 6.07) is 14.0. The molecule has 102 valence electrons. The minimum absolute atomic E-state index is 0.400. The molecule has 0 radical (unpaired) electrons. The third kappa shape index (κ3) is 3.92. The van der Waals surface area contributed by atoms with Gasteiger partial charge in [-0.25, -0.2) is 0 Å². The van der Waals surface area contributed by atoms with E-state index in [1.807, 2.05) is 11.3 Å². The van der Waals surface area contributed by atoms with Gasteiger partial charge in [0, 0.05) is 21.8 Å². The zero-order valence-electron chi connectivity index (χ0n) is 12.2. The van der Waals surface area contributed by atoms with E-state index in [-0.39, 0.29) is 0 Å². The lowest BCUT2D eigenvalue weighted by atomic mass is 10.0. The first-order valence-corrected chi connectivity index (χ1v) is 7.75. The van der Waals surface area contributed by atoms with Crippen LogP contribution in [0.5, 0.6) is 0 Å². The molecule has 2 aromatic rings. The number of aryl methyl sites for hydroxylation is 2. The van der Waals surface area contributed by atoms with Gasteiger partial charge in [-0.3, -0.25) is 0 Å². The predicted octanol–water partition coefficient (Wildman–Crippen LogP) is 4.65. The molecule has 1 aromatic carbocycles. The predicted molar refractivity (Wildman–Crippen MR) is 85.0 cm³/mol. The Labute approximate surface area is 120 Å². The Balaban J connectivity index is 1.95. The summed E-state index contributed by atoms with van der Waals surface area (Å²) >= 11 is 1.90. The van der Waals surface area contributed by atoms with Gasteiger partial charge in [0.2, 0.25) is 0 Å². The zero-order chi connectivity index (χ0) is 13.8. The van der Waals surface area contributed by atoms with Gasteiger partial charge in [0.15, 0.2) is 0 Å². The van der Waals surface area contributed by atoms with Crippen LogP contribution in [-0.4, -0.2) is 6.04 Å². The Morgan fingerprint density at radius 2 is 1.79 bits per heavy atom. The maximum atomic E-state index is 3.70. The van der Waals surface area contributed by atoms with Crippen molar-refractivity contribution in [2.24, 2.45) is 0 Å². The maximum absolute atomic E-state index is 3.70. The molecule has 1 aromatic heterocycles. The van der Waals surface area contributed by atoms with E-state index in [1.54, 1.807) is 0 Å². The van der Waals surface area contributed by atoms with Crippen LogP contribution in [0.4, 0.5) is 0 Å². The number of hydrogen-bond donors (Lipinski definition) is 1. The van der Waals surface area contributed by atoms with Crippen LogP contribution < -0.4 is 5.32 Å². The lowest BCUT2D eigenvalue weighted by Crippen LogP contribution is -2.30. The fourth-order valence-corrected chi connectivity index (χ4v) is 3.56. The van der Waals surface area contributed by atoms with Gasteiger partial charge in [0.25, 0.3) is 0 Å². The molecule has 2 heteroatoms. The van der Waals surface area contributed by atoms with Crippen LogP contribution in [0.3, 0.4) is 0 Å². The lowest BCUT2D eigenvalue weighted by Gasteiger charge is -2.21. The van der Waals surface area contributed by atoms with Crippen molar-refractivity contribution in [3.8, 4) is 0 Å². The van der Waals surface area contributed by atoms with Crippen molar-refractivity contribution in [2.75, 3.05) is 0 Å². The average molecular weight is 273 g/mol. The Morgan fingerprint density at radius 3 is 2.42 bits per heavy atom. The molecule has 2 atom stereocenters. The van der Waals surface area contributed by atoms with Gasteiger partial charge >= 0.3 is 0 Å². The van der Waals surface area contributed by atoms with E-state index in [9.17, 15) is 0 Å². The Morgan fingerprint density at radius 1 is 1.05 bits per heavy atom. The molecule has 0 amide bonds. The highest BCUT2D eigenvalue weighted by Gasteiger charge is 2.12. The van der Waals surface area contributed by atoms with Gasteiger partial charge < -0.3 is 5.32 Å². The highest BCUT2D eigenvalue weighted by molar-refractivity contribution is 7.11.